The third kappa shape index (κ3) is 5.58. The third-order valence-electron chi connectivity index (χ3n) is 6.28. The summed E-state index contributed by atoms with van der Waals surface area (Å²) >= 11 is 0. The quantitative estimate of drug-likeness (QED) is 0.584. The molecule has 2 rings (SSSR count). The first-order valence-corrected chi connectivity index (χ1v) is 10.1. The minimum atomic E-state index is 0.817. The molecule has 2 fully saturated rings. The monoisotopic (exact) mass is 293 g/mol. The maximum Gasteiger partial charge on any atom is 0.00980 e. The molecule has 21 heavy (non-hydrogen) atoms. The van der Waals surface area contributed by atoms with Gasteiger partial charge < -0.3 is 5.32 Å². The van der Waals surface area contributed by atoms with Crippen molar-refractivity contribution in [2.75, 3.05) is 6.54 Å². The van der Waals surface area contributed by atoms with Crippen molar-refractivity contribution in [2.24, 2.45) is 17.8 Å². The summed E-state index contributed by atoms with van der Waals surface area (Å²) in [6.07, 6.45) is 19.1. The van der Waals surface area contributed by atoms with Crippen LogP contribution in [0.1, 0.15) is 97.3 Å². The summed E-state index contributed by atoms with van der Waals surface area (Å²) in [6, 6.07) is 0.817. The van der Waals surface area contributed by atoms with E-state index in [2.05, 4.69) is 19.2 Å². The number of nitrogens with one attached hydrogen (secondary N) is 1. The first kappa shape index (κ1) is 17.3. The molecule has 2 aliphatic carbocycles. The van der Waals surface area contributed by atoms with E-state index in [4.69, 9.17) is 0 Å². The molecular formula is C20H39N. The Morgan fingerprint density at radius 2 is 1.62 bits per heavy atom. The molecule has 3 atom stereocenters. The first-order valence-electron chi connectivity index (χ1n) is 10.1. The average Bonchev–Trinajstić information content (AvgIpc) is 2.56. The lowest BCUT2D eigenvalue weighted by Crippen LogP contribution is -2.41. The zero-order valence-electron chi connectivity index (χ0n) is 14.7. The van der Waals surface area contributed by atoms with Crippen LogP contribution in [0.5, 0.6) is 0 Å². The van der Waals surface area contributed by atoms with Crippen LogP contribution in [0.4, 0.5) is 0 Å². The Kier molecular flexibility index (Phi) is 8.14. The van der Waals surface area contributed by atoms with E-state index >= 15 is 0 Å². The van der Waals surface area contributed by atoms with E-state index in [1.165, 1.54) is 90.0 Å². The van der Waals surface area contributed by atoms with E-state index in [1.807, 2.05) is 0 Å². The van der Waals surface area contributed by atoms with Crippen molar-refractivity contribution < 1.29 is 0 Å². The molecule has 2 aliphatic rings. The van der Waals surface area contributed by atoms with Crippen LogP contribution in [0.3, 0.4) is 0 Å². The highest BCUT2D eigenvalue weighted by atomic mass is 14.9. The van der Waals surface area contributed by atoms with Gasteiger partial charge in [0.2, 0.25) is 0 Å². The molecule has 1 N–H and O–H groups in total. The van der Waals surface area contributed by atoms with Gasteiger partial charge in [-0.15, -0.1) is 0 Å². The van der Waals surface area contributed by atoms with Gasteiger partial charge in [-0.25, -0.2) is 0 Å². The van der Waals surface area contributed by atoms with Crippen LogP contribution >= 0.6 is 0 Å². The van der Waals surface area contributed by atoms with Crippen LogP contribution < -0.4 is 5.32 Å². The van der Waals surface area contributed by atoms with Crippen LogP contribution in [0.15, 0.2) is 0 Å². The SMILES string of the molecule is CCCNC(CCC1CCCCC1)C1CCCCC1CC. The normalized spacial score (nSPS) is 29.4. The molecule has 0 aromatic carbocycles. The van der Waals surface area contributed by atoms with Gasteiger partial charge in [-0.1, -0.05) is 71.6 Å². The van der Waals surface area contributed by atoms with Gasteiger partial charge >= 0.3 is 0 Å². The topological polar surface area (TPSA) is 12.0 Å². The van der Waals surface area contributed by atoms with Crippen molar-refractivity contribution in [3.05, 3.63) is 0 Å². The molecule has 3 unspecified atom stereocenters. The lowest BCUT2D eigenvalue weighted by molar-refractivity contribution is 0.160. The Morgan fingerprint density at radius 3 is 2.33 bits per heavy atom. The molecule has 0 saturated heterocycles. The van der Waals surface area contributed by atoms with E-state index in [-0.39, 0.29) is 0 Å². The van der Waals surface area contributed by atoms with Crippen molar-refractivity contribution in [1.29, 1.82) is 0 Å². The van der Waals surface area contributed by atoms with Crippen LogP contribution in [0, 0.1) is 17.8 Å². The van der Waals surface area contributed by atoms with E-state index < -0.39 is 0 Å². The lowest BCUT2D eigenvalue weighted by Gasteiger charge is -2.38. The fourth-order valence-electron chi connectivity index (χ4n) is 4.96. The van der Waals surface area contributed by atoms with Gasteiger partial charge in [-0.3, -0.25) is 0 Å². The molecule has 0 aromatic rings. The Morgan fingerprint density at radius 1 is 0.905 bits per heavy atom. The molecule has 0 radical (unpaired) electrons. The fraction of sp³-hybridized carbons (Fsp3) is 1.00. The number of hydrogen-bond acceptors (Lipinski definition) is 1. The van der Waals surface area contributed by atoms with Gasteiger partial charge in [0.1, 0.15) is 0 Å². The van der Waals surface area contributed by atoms with Gasteiger partial charge in [0.05, 0.1) is 0 Å². The van der Waals surface area contributed by atoms with Crippen molar-refractivity contribution >= 4 is 0 Å². The molecule has 0 heterocycles. The van der Waals surface area contributed by atoms with Crippen molar-refractivity contribution in [3.63, 3.8) is 0 Å². The summed E-state index contributed by atoms with van der Waals surface area (Å²) < 4.78 is 0. The molecule has 0 spiro atoms. The predicted molar refractivity (Wildman–Crippen MR) is 93.6 cm³/mol. The molecule has 0 amide bonds. The maximum absolute atomic E-state index is 3.94. The Balaban J connectivity index is 1.85. The van der Waals surface area contributed by atoms with Crippen LogP contribution in [-0.2, 0) is 0 Å². The van der Waals surface area contributed by atoms with Crippen LogP contribution in [-0.4, -0.2) is 12.6 Å². The first-order chi connectivity index (χ1) is 10.3. The van der Waals surface area contributed by atoms with Crippen molar-refractivity contribution in [3.8, 4) is 0 Å². The molecular weight excluding hydrogens is 254 g/mol. The van der Waals surface area contributed by atoms with Gasteiger partial charge in [0.15, 0.2) is 0 Å². The van der Waals surface area contributed by atoms with E-state index in [9.17, 15) is 0 Å². The smallest absolute Gasteiger partial charge is 0.00980 e. The van der Waals surface area contributed by atoms with Gasteiger partial charge in [0.25, 0.3) is 0 Å². The Labute approximate surface area is 133 Å². The highest BCUT2D eigenvalue weighted by molar-refractivity contribution is 4.85. The minimum Gasteiger partial charge on any atom is -0.314 e. The van der Waals surface area contributed by atoms with E-state index in [1.54, 1.807) is 0 Å². The Hall–Kier alpha value is -0.0400. The van der Waals surface area contributed by atoms with Gasteiger partial charge in [0, 0.05) is 6.04 Å². The molecule has 0 aliphatic heterocycles. The fourth-order valence-corrected chi connectivity index (χ4v) is 4.96. The predicted octanol–water partition coefficient (Wildman–Crippen LogP) is 5.93. The number of hydrogen-bond donors (Lipinski definition) is 1. The van der Waals surface area contributed by atoms with E-state index in [0.717, 1.165) is 23.8 Å². The second-order valence-corrected chi connectivity index (χ2v) is 7.76. The molecule has 0 bridgehead atoms. The summed E-state index contributed by atoms with van der Waals surface area (Å²) in [7, 11) is 0. The molecule has 2 saturated carbocycles. The highest BCUT2D eigenvalue weighted by Crippen LogP contribution is 2.37. The number of rotatable bonds is 8. The summed E-state index contributed by atoms with van der Waals surface area (Å²) in [4.78, 5) is 0. The second-order valence-electron chi connectivity index (χ2n) is 7.76. The summed E-state index contributed by atoms with van der Waals surface area (Å²) in [5.41, 5.74) is 0. The Bertz CT molecular complexity index is 257. The molecule has 0 aromatic heterocycles. The molecule has 1 nitrogen and oxygen atoms in total. The largest absolute Gasteiger partial charge is 0.314 e. The lowest BCUT2D eigenvalue weighted by atomic mass is 9.72. The highest BCUT2D eigenvalue weighted by Gasteiger charge is 2.30. The zero-order valence-corrected chi connectivity index (χ0v) is 14.7. The minimum absolute atomic E-state index is 0.817. The molecule has 124 valence electrons. The summed E-state index contributed by atoms with van der Waals surface area (Å²) in [5, 5.41) is 3.94. The second kappa shape index (κ2) is 9.87. The van der Waals surface area contributed by atoms with Crippen LogP contribution in [0.25, 0.3) is 0 Å². The summed E-state index contributed by atoms with van der Waals surface area (Å²) in [6.45, 7) is 5.95. The summed E-state index contributed by atoms with van der Waals surface area (Å²) in [5.74, 6) is 3.02. The zero-order chi connectivity index (χ0) is 14.9. The molecule has 1 heteroatoms. The average molecular weight is 294 g/mol. The van der Waals surface area contributed by atoms with Gasteiger partial charge in [-0.2, -0.15) is 0 Å². The van der Waals surface area contributed by atoms with Crippen LogP contribution in [0.2, 0.25) is 0 Å². The third-order valence-corrected chi connectivity index (χ3v) is 6.28. The van der Waals surface area contributed by atoms with E-state index in [0.29, 0.717) is 0 Å². The van der Waals surface area contributed by atoms with Crippen molar-refractivity contribution in [2.45, 2.75) is 103 Å². The maximum atomic E-state index is 3.94. The van der Waals surface area contributed by atoms with Gasteiger partial charge in [-0.05, 0) is 50.0 Å². The standard InChI is InChI=1S/C20H39N/c1-3-16-21-20(15-14-17-10-6-5-7-11-17)19-13-9-8-12-18(19)4-2/h17-21H,3-16H2,1-2H3. The van der Waals surface area contributed by atoms with Crippen molar-refractivity contribution in [1.82, 2.24) is 5.32 Å².